The molecule has 2 nitrogen and oxygen atoms in total. The molecule has 0 amide bonds. The third-order valence-corrected chi connectivity index (χ3v) is 2.71. The van der Waals surface area contributed by atoms with Gasteiger partial charge in [-0.05, 0) is 0 Å². The first kappa shape index (κ1) is 18.8. The maximum atomic E-state index is 9.00. The number of unbranched alkanes of at least 4 members (excludes halogenated alkanes) is 10. The SMILES string of the molecule is CC(=O)O.CCCCCCCCCCCCC. The van der Waals surface area contributed by atoms with E-state index in [1.165, 1.54) is 70.6 Å². The van der Waals surface area contributed by atoms with E-state index in [0.29, 0.717) is 0 Å². The van der Waals surface area contributed by atoms with Gasteiger partial charge in [-0.1, -0.05) is 84.5 Å². The molecule has 0 spiro atoms. The zero-order chi connectivity index (χ0) is 13.4. The Labute approximate surface area is 108 Å². The Bertz CT molecular complexity index is 130. The number of rotatable bonds is 10. The number of hydrogen-bond donors (Lipinski definition) is 1. The summed E-state index contributed by atoms with van der Waals surface area (Å²) in [5.74, 6) is -0.833. The normalized spacial score (nSPS) is 9.59. The topological polar surface area (TPSA) is 37.3 Å². The van der Waals surface area contributed by atoms with Crippen molar-refractivity contribution in [3.63, 3.8) is 0 Å². The lowest BCUT2D eigenvalue weighted by molar-refractivity contribution is -0.134. The zero-order valence-electron chi connectivity index (χ0n) is 12.1. The maximum Gasteiger partial charge on any atom is 0.300 e. The fraction of sp³-hybridized carbons (Fsp3) is 0.933. The van der Waals surface area contributed by atoms with Crippen molar-refractivity contribution in [3.05, 3.63) is 0 Å². The van der Waals surface area contributed by atoms with Crippen LogP contribution in [0, 0.1) is 0 Å². The lowest BCUT2D eigenvalue weighted by atomic mass is 10.1. The summed E-state index contributed by atoms with van der Waals surface area (Å²) in [6.07, 6.45) is 15.9. The quantitative estimate of drug-likeness (QED) is 0.522. The number of aliphatic carboxylic acids is 1. The predicted octanol–water partition coefficient (Wildman–Crippen LogP) is 5.41. The number of carbonyl (C=O) groups is 1. The number of carboxylic acid groups (broad SMARTS) is 1. The van der Waals surface area contributed by atoms with E-state index in [1.54, 1.807) is 0 Å². The van der Waals surface area contributed by atoms with Crippen molar-refractivity contribution < 1.29 is 9.90 Å². The second-order valence-electron chi connectivity index (χ2n) is 4.70. The molecular weight excluding hydrogens is 212 g/mol. The first-order chi connectivity index (χ1) is 8.15. The van der Waals surface area contributed by atoms with Gasteiger partial charge in [-0.15, -0.1) is 0 Å². The first-order valence-electron chi connectivity index (χ1n) is 7.34. The minimum Gasteiger partial charge on any atom is -0.481 e. The molecule has 17 heavy (non-hydrogen) atoms. The molecule has 1 N–H and O–H groups in total. The van der Waals surface area contributed by atoms with Gasteiger partial charge in [0, 0.05) is 6.92 Å². The molecule has 0 aliphatic heterocycles. The van der Waals surface area contributed by atoms with Crippen molar-refractivity contribution in [2.24, 2.45) is 0 Å². The van der Waals surface area contributed by atoms with E-state index in [-0.39, 0.29) is 0 Å². The molecule has 104 valence electrons. The van der Waals surface area contributed by atoms with E-state index in [2.05, 4.69) is 13.8 Å². The van der Waals surface area contributed by atoms with Crippen LogP contribution in [0.25, 0.3) is 0 Å². The van der Waals surface area contributed by atoms with Crippen LogP contribution in [0.3, 0.4) is 0 Å². The summed E-state index contributed by atoms with van der Waals surface area (Å²) in [7, 11) is 0. The van der Waals surface area contributed by atoms with Crippen molar-refractivity contribution in [2.75, 3.05) is 0 Å². The molecule has 0 rings (SSSR count). The lowest BCUT2D eigenvalue weighted by Gasteiger charge is -2.00. The Morgan fingerprint density at radius 1 is 0.706 bits per heavy atom. The highest BCUT2D eigenvalue weighted by Gasteiger charge is 1.90. The molecule has 0 radical (unpaired) electrons. The molecule has 0 heterocycles. The maximum absolute atomic E-state index is 9.00. The van der Waals surface area contributed by atoms with Crippen LogP contribution >= 0.6 is 0 Å². The van der Waals surface area contributed by atoms with E-state index in [0.717, 1.165) is 6.92 Å². The molecule has 0 unspecified atom stereocenters. The Balaban J connectivity index is 0. The molecule has 0 saturated heterocycles. The lowest BCUT2D eigenvalue weighted by Crippen LogP contribution is -1.80. The third kappa shape index (κ3) is 31.3. The molecule has 0 aliphatic rings. The molecule has 0 aliphatic carbocycles. The van der Waals surface area contributed by atoms with Gasteiger partial charge < -0.3 is 5.11 Å². The summed E-state index contributed by atoms with van der Waals surface area (Å²) < 4.78 is 0. The summed E-state index contributed by atoms with van der Waals surface area (Å²) in [4.78, 5) is 9.00. The summed E-state index contributed by atoms with van der Waals surface area (Å²) in [6.45, 7) is 5.65. The van der Waals surface area contributed by atoms with Crippen LogP contribution in [0.2, 0.25) is 0 Å². The van der Waals surface area contributed by atoms with Gasteiger partial charge in [-0.3, -0.25) is 4.79 Å². The van der Waals surface area contributed by atoms with Crippen molar-refractivity contribution in [1.82, 2.24) is 0 Å². The molecule has 0 bridgehead atoms. The average molecular weight is 244 g/mol. The molecule has 2 heteroatoms. The molecule has 0 aromatic carbocycles. The van der Waals surface area contributed by atoms with Crippen LogP contribution in [-0.4, -0.2) is 11.1 Å². The molecule has 0 atom stereocenters. The Morgan fingerprint density at radius 2 is 0.882 bits per heavy atom. The summed E-state index contributed by atoms with van der Waals surface area (Å²) in [6, 6.07) is 0. The highest BCUT2D eigenvalue weighted by Crippen LogP contribution is 2.10. The Morgan fingerprint density at radius 3 is 1.06 bits per heavy atom. The van der Waals surface area contributed by atoms with Gasteiger partial charge in [-0.25, -0.2) is 0 Å². The molecular formula is C15H32O2. The van der Waals surface area contributed by atoms with Gasteiger partial charge in [0.25, 0.3) is 5.97 Å². The minimum atomic E-state index is -0.833. The first-order valence-corrected chi connectivity index (χ1v) is 7.34. The van der Waals surface area contributed by atoms with Gasteiger partial charge in [-0.2, -0.15) is 0 Å². The Kier molecular flexibility index (Phi) is 19.8. The minimum absolute atomic E-state index is 0.833. The van der Waals surface area contributed by atoms with Crippen LogP contribution in [0.1, 0.15) is 91.4 Å². The van der Waals surface area contributed by atoms with Crippen molar-refractivity contribution >= 4 is 5.97 Å². The standard InChI is InChI=1S/C13H28.C2H4O2/c1-3-5-7-9-11-13-12-10-8-6-4-2;1-2(3)4/h3-13H2,1-2H3;1H3,(H,3,4). The van der Waals surface area contributed by atoms with Crippen LogP contribution < -0.4 is 0 Å². The van der Waals surface area contributed by atoms with Gasteiger partial charge in [0.05, 0.1) is 0 Å². The van der Waals surface area contributed by atoms with Crippen molar-refractivity contribution in [1.29, 1.82) is 0 Å². The van der Waals surface area contributed by atoms with Crippen molar-refractivity contribution in [3.8, 4) is 0 Å². The number of carboxylic acids is 1. The van der Waals surface area contributed by atoms with Gasteiger partial charge in [0.15, 0.2) is 0 Å². The summed E-state index contributed by atoms with van der Waals surface area (Å²) >= 11 is 0. The molecule has 0 saturated carbocycles. The molecule has 0 aromatic rings. The van der Waals surface area contributed by atoms with Crippen molar-refractivity contribution in [2.45, 2.75) is 91.4 Å². The summed E-state index contributed by atoms with van der Waals surface area (Å²) in [5, 5.41) is 7.42. The second kappa shape index (κ2) is 17.9. The van der Waals surface area contributed by atoms with E-state index in [1.807, 2.05) is 0 Å². The third-order valence-electron chi connectivity index (χ3n) is 2.71. The summed E-state index contributed by atoms with van der Waals surface area (Å²) in [5.41, 5.74) is 0. The monoisotopic (exact) mass is 244 g/mol. The fourth-order valence-corrected chi connectivity index (χ4v) is 1.74. The van der Waals surface area contributed by atoms with Crippen LogP contribution in [0.5, 0.6) is 0 Å². The highest BCUT2D eigenvalue weighted by molar-refractivity contribution is 5.62. The average Bonchev–Trinajstić information content (AvgIpc) is 2.26. The van der Waals surface area contributed by atoms with E-state index >= 15 is 0 Å². The molecule has 0 fully saturated rings. The van der Waals surface area contributed by atoms with Crippen LogP contribution in [0.4, 0.5) is 0 Å². The van der Waals surface area contributed by atoms with Gasteiger partial charge >= 0.3 is 0 Å². The smallest absolute Gasteiger partial charge is 0.300 e. The fourth-order valence-electron chi connectivity index (χ4n) is 1.74. The zero-order valence-corrected chi connectivity index (χ0v) is 12.1. The number of hydrogen-bond acceptors (Lipinski definition) is 1. The predicted molar refractivity (Wildman–Crippen MR) is 75.4 cm³/mol. The Hall–Kier alpha value is -0.530. The molecule has 0 aromatic heterocycles. The van der Waals surface area contributed by atoms with Crippen LogP contribution in [-0.2, 0) is 4.79 Å². The van der Waals surface area contributed by atoms with Crippen LogP contribution in [0.15, 0.2) is 0 Å². The van der Waals surface area contributed by atoms with Gasteiger partial charge in [0.1, 0.15) is 0 Å². The van der Waals surface area contributed by atoms with E-state index in [4.69, 9.17) is 9.90 Å². The van der Waals surface area contributed by atoms with E-state index < -0.39 is 5.97 Å². The van der Waals surface area contributed by atoms with Gasteiger partial charge in [0.2, 0.25) is 0 Å². The largest absolute Gasteiger partial charge is 0.481 e. The second-order valence-corrected chi connectivity index (χ2v) is 4.70. The van der Waals surface area contributed by atoms with E-state index in [9.17, 15) is 0 Å². The highest BCUT2D eigenvalue weighted by atomic mass is 16.4.